The van der Waals surface area contributed by atoms with Gasteiger partial charge in [0.05, 0.1) is 0 Å². The number of nitrogens with two attached hydrogens (primary N) is 1. The maximum atomic E-state index is 6.22. The monoisotopic (exact) mass is 277 g/mol. The SMILES string of the molecule is Cc1cc(Cl)c(C(C)C)cc1Oc1ccc(N)nn1. The Bertz CT molecular complexity index is 582. The Morgan fingerprint density at radius 3 is 2.53 bits per heavy atom. The highest BCUT2D eigenvalue weighted by Gasteiger charge is 2.11. The van der Waals surface area contributed by atoms with Gasteiger partial charge in [0.2, 0.25) is 5.88 Å². The van der Waals surface area contributed by atoms with Crippen molar-refractivity contribution in [1.29, 1.82) is 0 Å². The minimum atomic E-state index is 0.327. The second-order valence-electron chi connectivity index (χ2n) is 4.69. The highest BCUT2D eigenvalue weighted by atomic mass is 35.5. The number of hydrogen-bond donors (Lipinski definition) is 1. The summed E-state index contributed by atoms with van der Waals surface area (Å²) in [5, 5.41) is 8.39. The smallest absolute Gasteiger partial charge is 0.239 e. The number of rotatable bonds is 3. The van der Waals surface area contributed by atoms with Crippen LogP contribution in [0.4, 0.5) is 5.82 Å². The second-order valence-corrected chi connectivity index (χ2v) is 5.10. The van der Waals surface area contributed by atoms with Crippen LogP contribution in [0.5, 0.6) is 11.6 Å². The topological polar surface area (TPSA) is 61.0 Å². The van der Waals surface area contributed by atoms with Crippen molar-refractivity contribution < 1.29 is 4.74 Å². The van der Waals surface area contributed by atoms with Crippen molar-refractivity contribution in [3.63, 3.8) is 0 Å². The van der Waals surface area contributed by atoms with Crippen LogP contribution in [-0.2, 0) is 0 Å². The van der Waals surface area contributed by atoms with Crippen LogP contribution in [0.3, 0.4) is 0 Å². The Labute approximate surface area is 117 Å². The Morgan fingerprint density at radius 1 is 1.21 bits per heavy atom. The van der Waals surface area contributed by atoms with Crippen LogP contribution >= 0.6 is 11.6 Å². The van der Waals surface area contributed by atoms with Crippen molar-refractivity contribution in [3.8, 4) is 11.6 Å². The summed E-state index contributed by atoms with van der Waals surface area (Å²) in [7, 11) is 0. The van der Waals surface area contributed by atoms with Crippen LogP contribution in [-0.4, -0.2) is 10.2 Å². The number of hydrogen-bond acceptors (Lipinski definition) is 4. The van der Waals surface area contributed by atoms with E-state index in [2.05, 4.69) is 24.0 Å². The van der Waals surface area contributed by atoms with E-state index in [1.165, 1.54) is 0 Å². The minimum absolute atomic E-state index is 0.327. The number of benzene rings is 1. The molecule has 1 heterocycles. The second kappa shape index (κ2) is 5.45. The molecule has 1 aromatic carbocycles. The summed E-state index contributed by atoms with van der Waals surface area (Å²) >= 11 is 6.22. The van der Waals surface area contributed by atoms with Gasteiger partial charge in [0, 0.05) is 11.1 Å². The predicted octanol–water partition coefficient (Wildman–Crippen LogP) is 3.94. The van der Waals surface area contributed by atoms with E-state index in [0.717, 1.165) is 21.9 Å². The van der Waals surface area contributed by atoms with Gasteiger partial charge in [0.1, 0.15) is 11.6 Å². The summed E-state index contributed by atoms with van der Waals surface area (Å²) in [4.78, 5) is 0. The van der Waals surface area contributed by atoms with Gasteiger partial charge >= 0.3 is 0 Å². The lowest BCUT2D eigenvalue weighted by Crippen LogP contribution is -1.97. The van der Waals surface area contributed by atoms with Crippen molar-refractivity contribution in [1.82, 2.24) is 10.2 Å². The zero-order valence-electron chi connectivity index (χ0n) is 11.1. The maximum absolute atomic E-state index is 6.22. The lowest BCUT2D eigenvalue weighted by Gasteiger charge is -2.13. The molecule has 4 nitrogen and oxygen atoms in total. The molecular weight excluding hydrogens is 262 g/mol. The third-order valence-electron chi connectivity index (χ3n) is 2.79. The minimum Gasteiger partial charge on any atom is -0.437 e. The van der Waals surface area contributed by atoms with Crippen LogP contribution in [0.2, 0.25) is 5.02 Å². The lowest BCUT2D eigenvalue weighted by atomic mass is 10.0. The Balaban J connectivity index is 2.34. The van der Waals surface area contributed by atoms with Gasteiger partial charge in [-0.3, -0.25) is 0 Å². The van der Waals surface area contributed by atoms with E-state index in [4.69, 9.17) is 22.1 Å². The van der Waals surface area contributed by atoms with Crippen molar-refractivity contribution in [2.24, 2.45) is 0 Å². The van der Waals surface area contributed by atoms with Crippen LogP contribution in [0.25, 0.3) is 0 Å². The summed E-state index contributed by atoms with van der Waals surface area (Å²) in [5.41, 5.74) is 7.49. The average Bonchev–Trinajstić information content (AvgIpc) is 2.34. The van der Waals surface area contributed by atoms with Gasteiger partial charge in [0.15, 0.2) is 0 Å². The summed E-state index contributed by atoms with van der Waals surface area (Å²) in [6, 6.07) is 7.18. The van der Waals surface area contributed by atoms with E-state index in [-0.39, 0.29) is 0 Å². The zero-order chi connectivity index (χ0) is 14.0. The Kier molecular flexibility index (Phi) is 3.90. The molecule has 0 aliphatic heterocycles. The first kappa shape index (κ1) is 13.6. The molecule has 0 saturated heterocycles. The van der Waals surface area contributed by atoms with Gasteiger partial charge in [-0.1, -0.05) is 25.4 Å². The fraction of sp³-hybridized carbons (Fsp3) is 0.286. The largest absolute Gasteiger partial charge is 0.437 e. The summed E-state index contributed by atoms with van der Waals surface area (Å²) < 4.78 is 5.72. The van der Waals surface area contributed by atoms with E-state index in [0.29, 0.717) is 17.6 Å². The molecule has 19 heavy (non-hydrogen) atoms. The number of ether oxygens (including phenoxy) is 1. The fourth-order valence-electron chi connectivity index (χ4n) is 1.72. The van der Waals surface area contributed by atoms with Gasteiger partial charge in [-0.05, 0) is 42.2 Å². The summed E-state index contributed by atoms with van der Waals surface area (Å²) in [6.45, 7) is 6.11. The molecule has 0 unspecified atom stereocenters. The summed E-state index contributed by atoms with van der Waals surface area (Å²) in [6.07, 6.45) is 0. The third-order valence-corrected chi connectivity index (χ3v) is 3.12. The molecule has 100 valence electrons. The van der Waals surface area contributed by atoms with E-state index in [1.54, 1.807) is 12.1 Å². The van der Waals surface area contributed by atoms with Crippen LogP contribution < -0.4 is 10.5 Å². The molecular formula is C14H16ClN3O. The normalized spacial score (nSPS) is 10.8. The van der Waals surface area contributed by atoms with Gasteiger partial charge in [0.25, 0.3) is 0 Å². The standard InChI is InChI=1S/C14H16ClN3O/c1-8(2)10-7-12(9(3)6-11(10)15)19-14-5-4-13(16)17-18-14/h4-8H,1-3H3,(H2,16,17). The molecule has 2 aromatic rings. The van der Waals surface area contributed by atoms with Crippen molar-refractivity contribution in [2.45, 2.75) is 26.7 Å². The third kappa shape index (κ3) is 3.15. The van der Waals surface area contributed by atoms with Crippen molar-refractivity contribution in [2.75, 3.05) is 5.73 Å². The molecule has 0 bridgehead atoms. The molecule has 0 aliphatic rings. The van der Waals surface area contributed by atoms with Crippen molar-refractivity contribution in [3.05, 3.63) is 40.4 Å². The number of halogens is 1. The molecule has 2 N–H and O–H groups in total. The molecule has 0 atom stereocenters. The highest BCUT2D eigenvalue weighted by molar-refractivity contribution is 6.31. The molecule has 0 saturated carbocycles. The van der Waals surface area contributed by atoms with E-state index in [1.807, 2.05) is 19.1 Å². The zero-order valence-corrected chi connectivity index (χ0v) is 11.9. The molecule has 0 amide bonds. The van der Waals surface area contributed by atoms with Crippen LogP contribution in [0.15, 0.2) is 24.3 Å². The van der Waals surface area contributed by atoms with Gasteiger partial charge in [-0.15, -0.1) is 10.2 Å². The van der Waals surface area contributed by atoms with Crippen molar-refractivity contribution >= 4 is 17.4 Å². The predicted molar refractivity (Wildman–Crippen MR) is 76.8 cm³/mol. The molecule has 1 aromatic heterocycles. The number of aryl methyl sites for hydroxylation is 1. The first-order chi connectivity index (χ1) is 8.97. The van der Waals surface area contributed by atoms with Crippen LogP contribution in [0, 0.1) is 6.92 Å². The maximum Gasteiger partial charge on any atom is 0.239 e. The van der Waals surface area contributed by atoms with E-state index in [9.17, 15) is 0 Å². The molecule has 0 spiro atoms. The fourth-order valence-corrected chi connectivity index (χ4v) is 2.15. The number of anilines is 1. The number of nitrogens with zero attached hydrogens (tertiary/aromatic N) is 2. The van der Waals surface area contributed by atoms with Gasteiger partial charge in [-0.2, -0.15) is 0 Å². The van der Waals surface area contributed by atoms with Crippen LogP contribution in [0.1, 0.15) is 30.9 Å². The van der Waals surface area contributed by atoms with E-state index >= 15 is 0 Å². The number of aromatic nitrogens is 2. The van der Waals surface area contributed by atoms with Gasteiger partial charge in [-0.25, -0.2) is 0 Å². The lowest BCUT2D eigenvalue weighted by molar-refractivity contribution is 0.451. The Hall–Kier alpha value is -1.81. The molecule has 5 heteroatoms. The molecule has 0 aliphatic carbocycles. The highest BCUT2D eigenvalue weighted by Crippen LogP contribution is 2.33. The average molecular weight is 278 g/mol. The quantitative estimate of drug-likeness (QED) is 0.923. The molecule has 0 radical (unpaired) electrons. The first-order valence-electron chi connectivity index (χ1n) is 6.04. The molecule has 0 fully saturated rings. The summed E-state index contributed by atoms with van der Waals surface area (Å²) in [5.74, 6) is 1.83. The number of nitrogen functional groups attached to an aromatic ring is 1. The van der Waals surface area contributed by atoms with E-state index < -0.39 is 0 Å². The molecule has 2 rings (SSSR count). The Morgan fingerprint density at radius 2 is 1.95 bits per heavy atom. The van der Waals surface area contributed by atoms with Gasteiger partial charge < -0.3 is 10.5 Å². The first-order valence-corrected chi connectivity index (χ1v) is 6.42.